The quantitative estimate of drug-likeness (QED) is 0.728. The van der Waals surface area contributed by atoms with E-state index >= 15 is 0 Å². The first-order chi connectivity index (χ1) is 3.43. The van der Waals surface area contributed by atoms with Gasteiger partial charge >= 0.3 is 26.6 Å². The molecule has 0 spiro atoms. The van der Waals surface area contributed by atoms with E-state index in [1.165, 1.54) is 4.68 Å². The molecule has 0 amide bonds. The van der Waals surface area contributed by atoms with E-state index in [2.05, 4.69) is 5.22 Å². The zero-order valence-electron chi connectivity index (χ0n) is 4.20. The Labute approximate surface area is 66.6 Å². The molecule has 0 saturated heterocycles. The van der Waals surface area contributed by atoms with Gasteiger partial charge in [-0.2, -0.15) is 5.53 Å². The number of hydrogen-bond donors (Lipinski definition) is 1. The summed E-state index contributed by atoms with van der Waals surface area (Å²) in [5.41, 5.74) is 6.45. The van der Waals surface area contributed by atoms with Crippen LogP contribution in [0.15, 0.2) is 29.7 Å². The van der Waals surface area contributed by atoms with Gasteiger partial charge in [0.15, 0.2) is 0 Å². The topological polar surface area (TPSA) is 41.1 Å². The van der Waals surface area contributed by atoms with Crippen molar-refractivity contribution in [3.05, 3.63) is 24.5 Å². The van der Waals surface area contributed by atoms with Gasteiger partial charge in [-0.1, -0.05) is 5.22 Å². The minimum atomic E-state index is 0. The molecule has 44 valence electrons. The summed E-state index contributed by atoms with van der Waals surface area (Å²) in [4.78, 5) is 0. The van der Waals surface area contributed by atoms with Gasteiger partial charge in [0.05, 0.1) is 0 Å². The Morgan fingerprint density at radius 3 is 2.00 bits per heavy atom. The predicted octanol–water partition coefficient (Wildman–Crippen LogP) is 0.366. The Balaban J connectivity index is 0.000000490. The van der Waals surface area contributed by atoms with Crippen molar-refractivity contribution in [3.63, 3.8) is 0 Å². The van der Waals surface area contributed by atoms with Gasteiger partial charge in [0.2, 0.25) is 0 Å². The van der Waals surface area contributed by atoms with Gasteiger partial charge in [-0.05, 0) is 12.1 Å². The van der Waals surface area contributed by atoms with Gasteiger partial charge in [-0.25, -0.2) is 4.68 Å². The van der Waals surface area contributed by atoms with Crippen molar-refractivity contribution in [1.29, 1.82) is 5.53 Å². The standard InChI is InChI=1S/C4H5N3.Po.2H/c5-6-7-3-1-2-4-7;;;/h1-5H;;;. The number of rotatable bonds is 1. The first kappa shape index (κ1) is 7.78. The molecule has 0 radical (unpaired) electrons. The van der Waals surface area contributed by atoms with Crippen LogP contribution in [0.3, 0.4) is 0 Å². The summed E-state index contributed by atoms with van der Waals surface area (Å²) in [5, 5.41) is 3.10. The zero-order chi connectivity index (χ0) is 5.11. The molecule has 0 fully saturated rings. The summed E-state index contributed by atoms with van der Waals surface area (Å²) in [6, 6.07) is 3.64. The summed E-state index contributed by atoms with van der Waals surface area (Å²) in [7, 11) is 0. The summed E-state index contributed by atoms with van der Waals surface area (Å²) in [5.74, 6) is 0. The van der Waals surface area contributed by atoms with Gasteiger partial charge < -0.3 is 0 Å². The monoisotopic (exact) mass is 306 g/mol. The van der Waals surface area contributed by atoms with Crippen LogP contribution in [-0.2, 0) is 0 Å². The van der Waals surface area contributed by atoms with E-state index in [1.807, 2.05) is 12.1 Å². The van der Waals surface area contributed by atoms with E-state index in [-0.39, 0.29) is 26.6 Å². The average molecular weight is 306 g/mol. The fourth-order valence-corrected chi connectivity index (χ4v) is 0.392. The Morgan fingerprint density at radius 2 is 1.75 bits per heavy atom. The maximum atomic E-state index is 6.45. The van der Waals surface area contributed by atoms with E-state index in [0.29, 0.717) is 0 Å². The Morgan fingerprint density at radius 1 is 1.25 bits per heavy atom. The van der Waals surface area contributed by atoms with Crippen molar-refractivity contribution in [2.75, 3.05) is 0 Å². The molecule has 0 aromatic carbocycles. The second-order valence-electron chi connectivity index (χ2n) is 1.16. The van der Waals surface area contributed by atoms with E-state index in [0.717, 1.165) is 0 Å². The normalized spacial score (nSPS) is 7.50. The van der Waals surface area contributed by atoms with Gasteiger partial charge in [0.25, 0.3) is 0 Å². The number of hydrogen-bond acceptors (Lipinski definition) is 2. The van der Waals surface area contributed by atoms with Crippen LogP contribution in [0, 0.1) is 5.53 Å². The second kappa shape index (κ2) is 3.74. The maximum absolute atomic E-state index is 6.45. The summed E-state index contributed by atoms with van der Waals surface area (Å²) < 4.78 is 1.42. The Bertz CT molecular complexity index is 146. The average Bonchev–Trinajstić information content (AvgIpc) is 2.14. The van der Waals surface area contributed by atoms with Crippen molar-refractivity contribution in [2.45, 2.75) is 0 Å². The minimum absolute atomic E-state index is 0. The van der Waals surface area contributed by atoms with Crippen LogP contribution >= 0.6 is 0 Å². The van der Waals surface area contributed by atoms with Crippen LogP contribution in [-0.4, -0.2) is 31.2 Å². The van der Waals surface area contributed by atoms with Crippen LogP contribution < -0.4 is 0 Å². The van der Waals surface area contributed by atoms with E-state index in [9.17, 15) is 0 Å². The van der Waals surface area contributed by atoms with Gasteiger partial charge in [-0.3, -0.25) is 0 Å². The molecule has 4 heteroatoms. The van der Waals surface area contributed by atoms with Crippen LogP contribution in [0.1, 0.15) is 0 Å². The molecular weight excluding hydrogens is 299 g/mol. The Kier molecular flexibility index (Phi) is 3.63. The molecule has 1 N–H and O–H groups in total. The fourth-order valence-electron chi connectivity index (χ4n) is 0.392. The Hall–Kier alpha value is -0.224. The SMILES string of the molecule is N=Nn1cccc1.[PoH2]. The fraction of sp³-hybridized carbons (Fsp3) is 0. The first-order valence-corrected chi connectivity index (χ1v) is 1.94. The molecule has 8 heavy (non-hydrogen) atoms. The van der Waals surface area contributed by atoms with E-state index in [1.54, 1.807) is 12.4 Å². The van der Waals surface area contributed by atoms with Crippen molar-refractivity contribution >= 4 is 26.6 Å². The van der Waals surface area contributed by atoms with E-state index < -0.39 is 0 Å². The molecule has 0 aliphatic rings. The molecule has 1 aromatic rings. The zero-order valence-corrected chi connectivity index (χ0v) is 8.09. The third kappa shape index (κ3) is 1.71. The van der Waals surface area contributed by atoms with Crippen LogP contribution in [0.2, 0.25) is 0 Å². The second-order valence-corrected chi connectivity index (χ2v) is 1.16. The van der Waals surface area contributed by atoms with Crippen LogP contribution in [0.25, 0.3) is 0 Å². The van der Waals surface area contributed by atoms with Gasteiger partial charge in [-0.15, -0.1) is 0 Å². The van der Waals surface area contributed by atoms with Gasteiger partial charge in [0.1, 0.15) is 0 Å². The molecule has 1 rings (SSSR count). The van der Waals surface area contributed by atoms with E-state index in [4.69, 9.17) is 5.53 Å². The molecule has 0 bridgehead atoms. The van der Waals surface area contributed by atoms with Crippen molar-refractivity contribution in [1.82, 2.24) is 4.68 Å². The molecule has 1 heterocycles. The summed E-state index contributed by atoms with van der Waals surface area (Å²) >= 11 is 0. The molecule has 3 nitrogen and oxygen atoms in total. The molecule has 0 aliphatic carbocycles. The molecular formula is C4H7N3Po. The van der Waals surface area contributed by atoms with Crippen LogP contribution in [0.4, 0.5) is 0 Å². The molecule has 0 saturated carbocycles. The van der Waals surface area contributed by atoms with Crippen molar-refractivity contribution in [2.24, 2.45) is 5.22 Å². The number of nitrogens with zero attached hydrogens (tertiary/aromatic N) is 2. The summed E-state index contributed by atoms with van der Waals surface area (Å²) in [6.45, 7) is 0. The molecule has 0 aliphatic heterocycles. The number of aromatic nitrogens is 1. The molecule has 1 aromatic heterocycles. The third-order valence-corrected chi connectivity index (χ3v) is 0.704. The molecule has 0 unspecified atom stereocenters. The van der Waals surface area contributed by atoms with Crippen molar-refractivity contribution < 1.29 is 0 Å². The van der Waals surface area contributed by atoms with Crippen molar-refractivity contribution in [3.8, 4) is 0 Å². The van der Waals surface area contributed by atoms with Crippen LogP contribution in [0.5, 0.6) is 0 Å². The summed E-state index contributed by atoms with van der Waals surface area (Å²) in [6.07, 6.45) is 3.40. The first-order valence-electron chi connectivity index (χ1n) is 1.94. The van der Waals surface area contributed by atoms with Gasteiger partial charge in [0, 0.05) is 12.4 Å². The third-order valence-electron chi connectivity index (χ3n) is 0.704. The molecule has 0 atom stereocenters. The number of nitrogens with one attached hydrogen (secondary N) is 1. The predicted molar refractivity (Wildman–Crippen MR) is 33.5 cm³/mol.